The molecular formula is C11H7ClF2N2O2. The number of fused-ring (bicyclic) bond motifs is 1. The van der Waals surface area contributed by atoms with Crippen molar-refractivity contribution in [2.24, 2.45) is 0 Å². The van der Waals surface area contributed by atoms with E-state index in [2.05, 4.69) is 9.97 Å². The minimum atomic E-state index is -3.85. The standard InChI is InChI=1S/C11H7ClF2N2O2/c1-5-2-3-6-4-7(10(17)18)8(11(12,13)14)16-9(6)15-5/h2-4H,1H3,(H,17,18). The van der Waals surface area contributed by atoms with Crippen molar-refractivity contribution >= 4 is 28.6 Å². The van der Waals surface area contributed by atoms with Crippen molar-refractivity contribution in [3.8, 4) is 0 Å². The number of hydrogen-bond acceptors (Lipinski definition) is 3. The van der Waals surface area contributed by atoms with Crippen LogP contribution in [0.4, 0.5) is 8.78 Å². The summed E-state index contributed by atoms with van der Waals surface area (Å²) in [5.74, 6) is -1.51. The van der Waals surface area contributed by atoms with Crippen LogP contribution in [0.2, 0.25) is 0 Å². The molecule has 0 bridgehead atoms. The van der Waals surface area contributed by atoms with Gasteiger partial charge in [-0.05, 0) is 36.7 Å². The van der Waals surface area contributed by atoms with Gasteiger partial charge in [0.25, 0.3) is 0 Å². The van der Waals surface area contributed by atoms with E-state index in [9.17, 15) is 13.6 Å². The number of aromatic nitrogens is 2. The molecule has 0 fully saturated rings. The maximum absolute atomic E-state index is 13.1. The smallest absolute Gasteiger partial charge is 0.365 e. The molecule has 0 aliphatic carbocycles. The molecule has 0 amide bonds. The van der Waals surface area contributed by atoms with E-state index in [-0.39, 0.29) is 5.65 Å². The van der Waals surface area contributed by atoms with Crippen LogP contribution in [0, 0.1) is 6.92 Å². The summed E-state index contributed by atoms with van der Waals surface area (Å²) in [7, 11) is 0. The number of pyridine rings is 2. The molecule has 0 spiro atoms. The first kappa shape index (κ1) is 12.6. The van der Waals surface area contributed by atoms with Crippen LogP contribution in [0.15, 0.2) is 18.2 Å². The fraction of sp³-hybridized carbons (Fsp3) is 0.182. The molecule has 0 radical (unpaired) electrons. The zero-order chi connectivity index (χ0) is 13.5. The molecule has 2 aromatic heterocycles. The zero-order valence-electron chi connectivity index (χ0n) is 9.12. The van der Waals surface area contributed by atoms with Crippen LogP contribution in [-0.2, 0) is 5.38 Å². The molecular weight excluding hydrogens is 266 g/mol. The fourth-order valence-electron chi connectivity index (χ4n) is 1.53. The van der Waals surface area contributed by atoms with Gasteiger partial charge < -0.3 is 5.11 Å². The molecule has 0 aromatic carbocycles. The summed E-state index contributed by atoms with van der Waals surface area (Å²) in [5.41, 5.74) is -1.01. The number of carboxylic acid groups (broad SMARTS) is 1. The second kappa shape index (κ2) is 4.13. The van der Waals surface area contributed by atoms with E-state index in [1.165, 1.54) is 0 Å². The van der Waals surface area contributed by atoms with Crippen LogP contribution in [0.25, 0.3) is 11.0 Å². The van der Waals surface area contributed by atoms with Gasteiger partial charge in [0.15, 0.2) is 5.65 Å². The van der Waals surface area contributed by atoms with E-state index in [0.717, 1.165) is 6.07 Å². The minimum Gasteiger partial charge on any atom is -0.478 e. The number of halogens is 3. The maximum atomic E-state index is 13.1. The second-order valence-corrected chi connectivity index (χ2v) is 4.16. The Labute approximate surface area is 105 Å². The lowest BCUT2D eigenvalue weighted by Gasteiger charge is -2.11. The molecule has 1 N–H and O–H groups in total. The molecule has 18 heavy (non-hydrogen) atoms. The van der Waals surface area contributed by atoms with Crippen molar-refractivity contribution in [2.45, 2.75) is 12.3 Å². The number of carbonyl (C=O) groups is 1. The molecule has 0 unspecified atom stereocenters. The van der Waals surface area contributed by atoms with Crippen LogP contribution in [-0.4, -0.2) is 21.0 Å². The highest BCUT2D eigenvalue weighted by Crippen LogP contribution is 2.34. The summed E-state index contributed by atoms with van der Waals surface area (Å²) in [5, 5.41) is 5.40. The second-order valence-electron chi connectivity index (χ2n) is 3.69. The van der Waals surface area contributed by atoms with Gasteiger partial charge in [0, 0.05) is 11.1 Å². The van der Waals surface area contributed by atoms with Crippen LogP contribution in [0.3, 0.4) is 0 Å². The first-order valence-corrected chi connectivity index (χ1v) is 5.26. The molecule has 0 atom stereocenters. The van der Waals surface area contributed by atoms with Gasteiger partial charge in [-0.1, -0.05) is 0 Å². The Morgan fingerprint density at radius 3 is 2.61 bits per heavy atom. The Kier molecular flexibility index (Phi) is 2.90. The van der Waals surface area contributed by atoms with Gasteiger partial charge in [-0.15, -0.1) is 0 Å². The number of alkyl halides is 3. The predicted molar refractivity (Wildman–Crippen MR) is 61.0 cm³/mol. The monoisotopic (exact) mass is 272 g/mol. The highest BCUT2D eigenvalue weighted by atomic mass is 35.5. The Hall–Kier alpha value is -1.82. The summed E-state index contributed by atoms with van der Waals surface area (Å²) >= 11 is 4.86. The molecule has 7 heteroatoms. The fourth-order valence-corrected chi connectivity index (χ4v) is 1.67. The largest absolute Gasteiger partial charge is 0.478 e. The van der Waals surface area contributed by atoms with Crippen LogP contribution >= 0.6 is 11.6 Å². The number of rotatable bonds is 2. The van der Waals surface area contributed by atoms with Gasteiger partial charge in [-0.3, -0.25) is 0 Å². The third kappa shape index (κ3) is 2.24. The van der Waals surface area contributed by atoms with Gasteiger partial charge in [-0.2, -0.15) is 8.78 Å². The van der Waals surface area contributed by atoms with E-state index in [0.29, 0.717) is 11.1 Å². The van der Waals surface area contributed by atoms with E-state index in [1.807, 2.05) is 0 Å². The molecule has 0 saturated heterocycles. The van der Waals surface area contributed by atoms with Crippen molar-refractivity contribution in [1.29, 1.82) is 0 Å². The topological polar surface area (TPSA) is 63.1 Å². The Morgan fingerprint density at radius 1 is 1.39 bits per heavy atom. The van der Waals surface area contributed by atoms with Crippen molar-refractivity contribution in [1.82, 2.24) is 9.97 Å². The predicted octanol–water partition coefficient (Wildman–Crippen LogP) is 2.92. The van der Waals surface area contributed by atoms with Crippen LogP contribution in [0.1, 0.15) is 21.7 Å². The Bertz CT molecular complexity index is 641. The van der Waals surface area contributed by atoms with Gasteiger partial charge in [0.1, 0.15) is 5.69 Å². The normalized spacial score (nSPS) is 11.8. The SMILES string of the molecule is Cc1ccc2cc(C(=O)O)c(C(F)(F)Cl)nc2n1. The number of nitrogens with zero attached hydrogens (tertiary/aromatic N) is 2. The molecule has 4 nitrogen and oxygen atoms in total. The van der Waals surface area contributed by atoms with Gasteiger partial charge in [0.2, 0.25) is 0 Å². The first-order valence-electron chi connectivity index (χ1n) is 4.88. The van der Waals surface area contributed by atoms with Crippen molar-refractivity contribution < 1.29 is 18.7 Å². The van der Waals surface area contributed by atoms with Crippen molar-refractivity contribution in [2.75, 3.05) is 0 Å². The lowest BCUT2D eigenvalue weighted by molar-refractivity contribution is 0.0650. The number of aromatic carboxylic acids is 1. The van der Waals surface area contributed by atoms with Crippen molar-refractivity contribution in [3.05, 3.63) is 35.2 Å². The average Bonchev–Trinajstić information content (AvgIpc) is 2.25. The molecule has 94 valence electrons. The van der Waals surface area contributed by atoms with E-state index in [4.69, 9.17) is 16.7 Å². The van der Waals surface area contributed by atoms with Gasteiger partial charge in [-0.25, -0.2) is 14.8 Å². The Morgan fingerprint density at radius 2 is 2.06 bits per heavy atom. The molecule has 0 saturated carbocycles. The first-order chi connectivity index (χ1) is 8.29. The third-order valence-corrected chi connectivity index (χ3v) is 2.50. The van der Waals surface area contributed by atoms with Gasteiger partial charge >= 0.3 is 11.4 Å². The number of carboxylic acids is 1. The van der Waals surface area contributed by atoms with Crippen LogP contribution < -0.4 is 0 Å². The third-order valence-electron chi connectivity index (χ3n) is 2.32. The van der Waals surface area contributed by atoms with Gasteiger partial charge in [0.05, 0.1) is 5.56 Å². The maximum Gasteiger partial charge on any atom is 0.365 e. The summed E-state index contributed by atoms with van der Waals surface area (Å²) in [6.45, 7) is 1.67. The van der Waals surface area contributed by atoms with Crippen molar-refractivity contribution in [3.63, 3.8) is 0 Å². The van der Waals surface area contributed by atoms with Crippen LogP contribution in [0.5, 0.6) is 0 Å². The lowest BCUT2D eigenvalue weighted by atomic mass is 10.1. The van der Waals surface area contributed by atoms with E-state index < -0.39 is 22.6 Å². The minimum absolute atomic E-state index is 0.0373. The summed E-state index contributed by atoms with van der Waals surface area (Å²) < 4.78 is 26.2. The summed E-state index contributed by atoms with van der Waals surface area (Å²) in [6, 6.07) is 4.28. The van der Waals surface area contributed by atoms with E-state index in [1.54, 1.807) is 19.1 Å². The average molecular weight is 273 g/mol. The quantitative estimate of drug-likeness (QED) is 0.854. The highest BCUT2D eigenvalue weighted by molar-refractivity contribution is 6.22. The molecule has 2 heterocycles. The molecule has 2 aromatic rings. The van der Waals surface area contributed by atoms with E-state index >= 15 is 0 Å². The molecule has 2 rings (SSSR count). The summed E-state index contributed by atoms with van der Waals surface area (Å²) in [4.78, 5) is 18.4. The highest BCUT2D eigenvalue weighted by Gasteiger charge is 2.35. The zero-order valence-corrected chi connectivity index (χ0v) is 9.87. The number of aryl methyl sites for hydroxylation is 1. The molecule has 0 aliphatic heterocycles. The molecule has 0 aliphatic rings. The number of hydrogen-bond donors (Lipinski definition) is 1. The Balaban J connectivity index is 2.81. The lowest BCUT2D eigenvalue weighted by Crippen LogP contribution is -2.15. The summed E-state index contributed by atoms with van der Waals surface area (Å²) in [6.07, 6.45) is 0.